The summed E-state index contributed by atoms with van der Waals surface area (Å²) in [6.07, 6.45) is 1.02. The Morgan fingerprint density at radius 2 is 2.00 bits per heavy atom. The molecule has 104 valence electrons. The summed E-state index contributed by atoms with van der Waals surface area (Å²) in [6, 6.07) is 4.79. The minimum absolute atomic E-state index is 0.0727. The molecule has 0 fully saturated rings. The van der Waals surface area contributed by atoms with Crippen LogP contribution in [0.15, 0.2) is 18.2 Å². The molecular weight excluding hydrogens is 241 g/mol. The molecule has 0 radical (unpaired) electrons. The van der Waals surface area contributed by atoms with Crippen LogP contribution in [-0.4, -0.2) is 29.2 Å². The maximum atomic E-state index is 13.5. The summed E-state index contributed by atoms with van der Waals surface area (Å²) in [5.41, 5.74) is 1.57. The third-order valence-corrected chi connectivity index (χ3v) is 3.59. The summed E-state index contributed by atoms with van der Waals surface area (Å²) in [4.78, 5) is 2.20. The number of aliphatic hydroxyl groups is 1. The fourth-order valence-electron chi connectivity index (χ4n) is 1.71. The molecule has 19 heavy (non-hydrogen) atoms. The molecule has 0 heterocycles. The van der Waals surface area contributed by atoms with Gasteiger partial charge in [0.05, 0.1) is 0 Å². The molecule has 1 N–H and O–H groups in total. The van der Waals surface area contributed by atoms with E-state index < -0.39 is 0 Å². The minimum atomic E-state index is -0.289. The lowest BCUT2D eigenvalue weighted by atomic mass is 9.99. The van der Waals surface area contributed by atoms with E-state index in [2.05, 4.69) is 37.5 Å². The summed E-state index contributed by atoms with van der Waals surface area (Å²) in [6.45, 7) is 6.93. The van der Waals surface area contributed by atoms with E-state index in [0.29, 0.717) is 12.1 Å². The van der Waals surface area contributed by atoms with E-state index >= 15 is 0 Å². The van der Waals surface area contributed by atoms with Crippen molar-refractivity contribution in [1.82, 2.24) is 4.90 Å². The van der Waals surface area contributed by atoms with Gasteiger partial charge < -0.3 is 5.11 Å². The smallest absolute Gasteiger partial charge is 0.124 e. The number of nitrogens with zero attached hydrogens (tertiary/aromatic N) is 1. The first-order valence-corrected chi connectivity index (χ1v) is 6.49. The van der Waals surface area contributed by atoms with Crippen molar-refractivity contribution >= 4 is 0 Å². The van der Waals surface area contributed by atoms with Crippen LogP contribution in [0.2, 0.25) is 0 Å². The molecule has 0 aliphatic heterocycles. The monoisotopic (exact) mass is 263 g/mol. The molecule has 0 unspecified atom stereocenters. The quantitative estimate of drug-likeness (QED) is 0.844. The van der Waals surface area contributed by atoms with Crippen LogP contribution >= 0.6 is 0 Å². The number of hydrogen-bond donors (Lipinski definition) is 1. The molecule has 2 nitrogen and oxygen atoms in total. The maximum absolute atomic E-state index is 13.5. The van der Waals surface area contributed by atoms with Crippen molar-refractivity contribution in [2.75, 3.05) is 13.7 Å². The molecule has 1 rings (SSSR count). The van der Waals surface area contributed by atoms with Crippen LogP contribution in [0.3, 0.4) is 0 Å². The van der Waals surface area contributed by atoms with Gasteiger partial charge >= 0.3 is 0 Å². The molecule has 3 heteroatoms. The SMILES string of the molecule is CCC(C)(C)N(C)Cc1cc(F)cc(C#CCO)c1. The van der Waals surface area contributed by atoms with Gasteiger partial charge in [-0.2, -0.15) is 0 Å². The first-order chi connectivity index (χ1) is 8.89. The van der Waals surface area contributed by atoms with Crippen molar-refractivity contribution in [1.29, 1.82) is 0 Å². The van der Waals surface area contributed by atoms with Gasteiger partial charge in [0.1, 0.15) is 12.4 Å². The standard InChI is InChI=1S/C16H22FNO/c1-5-16(2,3)18(4)12-14-9-13(7-6-8-19)10-15(17)11-14/h9-11,19H,5,8,12H2,1-4H3. The minimum Gasteiger partial charge on any atom is -0.384 e. The van der Waals surface area contributed by atoms with E-state index in [4.69, 9.17) is 5.11 Å². The maximum Gasteiger partial charge on any atom is 0.124 e. The van der Waals surface area contributed by atoms with Gasteiger partial charge in [-0.15, -0.1) is 0 Å². The summed E-state index contributed by atoms with van der Waals surface area (Å²) in [5, 5.41) is 8.67. The second kappa shape index (κ2) is 6.70. The molecule has 0 amide bonds. The molecule has 1 aromatic rings. The lowest BCUT2D eigenvalue weighted by Gasteiger charge is -2.34. The Morgan fingerprint density at radius 1 is 1.32 bits per heavy atom. The van der Waals surface area contributed by atoms with Crippen LogP contribution in [-0.2, 0) is 6.54 Å². The number of aliphatic hydroxyl groups excluding tert-OH is 1. The van der Waals surface area contributed by atoms with Crippen LogP contribution in [0.25, 0.3) is 0 Å². The van der Waals surface area contributed by atoms with Crippen LogP contribution in [0.4, 0.5) is 4.39 Å². The highest BCUT2D eigenvalue weighted by molar-refractivity contribution is 5.37. The van der Waals surface area contributed by atoms with Gasteiger partial charge in [0, 0.05) is 17.6 Å². The van der Waals surface area contributed by atoms with E-state index in [1.807, 2.05) is 13.1 Å². The fraction of sp³-hybridized carbons (Fsp3) is 0.500. The van der Waals surface area contributed by atoms with Gasteiger partial charge in [0.25, 0.3) is 0 Å². The molecule has 1 aromatic carbocycles. The number of rotatable bonds is 4. The second-order valence-corrected chi connectivity index (χ2v) is 5.33. The molecule has 0 saturated carbocycles. The Balaban J connectivity index is 2.93. The highest BCUT2D eigenvalue weighted by Gasteiger charge is 2.21. The van der Waals surface area contributed by atoms with Crippen LogP contribution < -0.4 is 0 Å². The van der Waals surface area contributed by atoms with Crippen molar-refractivity contribution in [2.24, 2.45) is 0 Å². The van der Waals surface area contributed by atoms with Crippen molar-refractivity contribution in [2.45, 2.75) is 39.3 Å². The van der Waals surface area contributed by atoms with Crippen molar-refractivity contribution in [3.05, 3.63) is 35.1 Å². The number of hydrogen-bond acceptors (Lipinski definition) is 2. The lowest BCUT2D eigenvalue weighted by molar-refractivity contribution is 0.143. The van der Waals surface area contributed by atoms with Crippen molar-refractivity contribution in [3.63, 3.8) is 0 Å². The molecule has 0 spiro atoms. The predicted octanol–water partition coefficient (Wildman–Crippen LogP) is 2.79. The van der Waals surface area contributed by atoms with Crippen LogP contribution in [0.1, 0.15) is 38.3 Å². The Bertz CT molecular complexity index is 485. The van der Waals surface area contributed by atoms with E-state index in [1.165, 1.54) is 12.1 Å². The molecule has 0 aromatic heterocycles. The summed E-state index contributed by atoms with van der Waals surface area (Å²) < 4.78 is 13.5. The van der Waals surface area contributed by atoms with Crippen LogP contribution in [0.5, 0.6) is 0 Å². The average molecular weight is 263 g/mol. The van der Waals surface area contributed by atoms with Gasteiger partial charge in [-0.25, -0.2) is 4.39 Å². The van der Waals surface area contributed by atoms with E-state index in [9.17, 15) is 4.39 Å². The number of halogens is 1. The molecule has 0 aliphatic rings. The third-order valence-electron chi connectivity index (χ3n) is 3.59. The average Bonchev–Trinajstić information content (AvgIpc) is 2.35. The zero-order valence-electron chi connectivity index (χ0n) is 12.1. The first kappa shape index (κ1) is 15.7. The molecule has 0 saturated heterocycles. The normalized spacial score (nSPS) is 11.3. The molecule has 0 atom stereocenters. The Kier molecular flexibility index (Phi) is 5.53. The van der Waals surface area contributed by atoms with Gasteiger partial charge in [-0.05, 0) is 51.1 Å². The molecular formula is C16H22FNO. The summed E-state index contributed by atoms with van der Waals surface area (Å²) in [5.74, 6) is 4.99. The fourth-order valence-corrected chi connectivity index (χ4v) is 1.71. The topological polar surface area (TPSA) is 23.5 Å². The molecule has 0 bridgehead atoms. The van der Waals surface area contributed by atoms with E-state index in [1.54, 1.807) is 0 Å². The largest absolute Gasteiger partial charge is 0.384 e. The van der Waals surface area contributed by atoms with Crippen LogP contribution in [0, 0.1) is 17.7 Å². The summed E-state index contributed by atoms with van der Waals surface area (Å²) in [7, 11) is 2.04. The number of benzene rings is 1. The van der Waals surface area contributed by atoms with E-state index in [-0.39, 0.29) is 18.0 Å². The van der Waals surface area contributed by atoms with Gasteiger partial charge in [0.15, 0.2) is 0 Å². The highest BCUT2D eigenvalue weighted by Crippen LogP contribution is 2.20. The lowest BCUT2D eigenvalue weighted by Crippen LogP contribution is -2.39. The summed E-state index contributed by atoms with van der Waals surface area (Å²) >= 11 is 0. The van der Waals surface area contributed by atoms with Gasteiger partial charge in [0.2, 0.25) is 0 Å². The van der Waals surface area contributed by atoms with E-state index in [0.717, 1.165) is 12.0 Å². The van der Waals surface area contributed by atoms with Crippen molar-refractivity contribution in [3.8, 4) is 11.8 Å². The highest BCUT2D eigenvalue weighted by atomic mass is 19.1. The Labute approximate surface area is 115 Å². The second-order valence-electron chi connectivity index (χ2n) is 5.33. The molecule has 0 aliphatic carbocycles. The first-order valence-electron chi connectivity index (χ1n) is 6.49. The van der Waals surface area contributed by atoms with Gasteiger partial charge in [-0.1, -0.05) is 18.8 Å². The zero-order chi connectivity index (χ0) is 14.5. The Hall–Kier alpha value is -1.37. The van der Waals surface area contributed by atoms with Gasteiger partial charge in [-0.3, -0.25) is 4.90 Å². The van der Waals surface area contributed by atoms with Crippen molar-refractivity contribution < 1.29 is 9.50 Å². The predicted molar refractivity (Wildman–Crippen MR) is 76.2 cm³/mol. The zero-order valence-corrected chi connectivity index (χ0v) is 12.1. The third kappa shape index (κ3) is 4.66. The Morgan fingerprint density at radius 3 is 2.58 bits per heavy atom.